The fourth-order valence-corrected chi connectivity index (χ4v) is 2.41. The number of hydrogen-bond donors (Lipinski definition) is 1. The maximum Gasteiger partial charge on any atom is 0.336 e. The van der Waals surface area contributed by atoms with Crippen molar-refractivity contribution >= 4 is 41.6 Å². The zero-order valence-corrected chi connectivity index (χ0v) is 10.6. The lowest BCUT2D eigenvalue weighted by Crippen LogP contribution is -2.03. The Morgan fingerprint density at radius 3 is 2.40 bits per heavy atom. The van der Waals surface area contributed by atoms with Gasteiger partial charge in [-0.3, -0.25) is 0 Å². The van der Waals surface area contributed by atoms with Gasteiger partial charge in [0.2, 0.25) is 0 Å². The van der Waals surface area contributed by atoms with E-state index in [1.54, 1.807) is 6.92 Å². The van der Waals surface area contributed by atoms with Crippen LogP contribution in [-0.4, -0.2) is 19.5 Å². The van der Waals surface area contributed by atoms with Gasteiger partial charge in [0.1, 0.15) is 0 Å². The maximum atomic E-state index is 11.0. The second-order valence-electron chi connectivity index (χ2n) is 2.82. The average molecular weight is 314 g/mol. The molecule has 0 aliphatic heterocycles. The number of carboxylic acids is 1. The number of benzene rings is 1. The van der Waals surface area contributed by atoms with Crippen LogP contribution in [0.5, 0.6) is 0 Å². The molecule has 0 bridgehead atoms. The van der Waals surface area contributed by atoms with Crippen molar-refractivity contribution in [3.8, 4) is 0 Å². The molecule has 0 aliphatic carbocycles. The summed E-state index contributed by atoms with van der Waals surface area (Å²) >= 11 is 3.07. The predicted octanol–water partition coefficient (Wildman–Crippen LogP) is 2.38. The average Bonchev–Trinajstić information content (AvgIpc) is 2.06. The van der Waals surface area contributed by atoms with Crippen LogP contribution in [0.25, 0.3) is 0 Å². The van der Waals surface area contributed by atoms with E-state index in [1.165, 1.54) is 6.07 Å². The second kappa shape index (κ2) is 4.11. The molecule has 1 rings (SSSR count). The van der Waals surface area contributed by atoms with E-state index in [4.69, 9.17) is 15.8 Å². The van der Waals surface area contributed by atoms with E-state index >= 15 is 0 Å². The third-order valence-electron chi connectivity index (χ3n) is 1.83. The summed E-state index contributed by atoms with van der Waals surface area (Å²) < 4.78 is 22.4. The molecule has 7 heteroatoms. The molecule has 82 valence electrons. The predicted molar refractivity (Wildman–Crippen MR) is 58.9 cm³/mol. The van der Waals surface area contributed by atoms with Crippen molar-refractivity contribution in [3.05, 3.63) is 27.7 Å². The van der Waals surface area contributed by atoms with Gasteiger partial charge < -0.3 is 5.11 Å². The Hall–Kier alpha value is -0.590. The summed E-state index contributed by atoms with van der Waals surface area (Å²) in [5, 5.41) is 8.82. The standard InChI is InChI=1S/C8H6BrClO4S/c1-4-6(8(11)12)2-5(3-7(4)9)15(10,13)14/h2-3H,1H3,(H,11,12). The zero-order valence-electron chi connectivity index (χ0n) is 7.49. The van der Waals surface area contributed by atoms with Crippen molar-refractivity contribution < 1.29 is 18.3 Å². The third-order valence-corrected chi connectivity index (χ3v) is 3.99. The second-order valence-corrected chi connectivity index (χ2v) is 6.24. The Balaban J connectivity index is 3.57. The quantitative estimate of drug-likeness (QED) is 0.851. The van der Waals surface area contributed by atoms with E-state index in [2.05, 4.69) is 15.9 Å². The minimum atomic E-state index is -3.92. The van der Waals surface area contributed by atoms with Crippen molar-refractivity contribution in [2.75, 3.05) is 0 Å². The van der Waals surface area contributed by atoms with Crippen LogP contribution >= 0.6 is 26.6 Å². The smallest absolute Gasteiger partial charge is 0.336 e. The highest BCUT2D eigenvalue weighted by molar-refractivity contribution is 9.10. The van der Waals surface area contributed by atoms with Crippen molar-refractivity contribution in [3.63, 3.8) is 0 Å². The highest BCUT2D eigenvalue weighted by Crippen LogP contribution is 2.26. The van der Waals surface area contributed by atoms with Crippen molar-refractivity contribution in [1.82, 2.24) is 0 Å². The van der Waals surface area contributed by atoms with Gasteiger partial charge in [-0.25, -0.2) is 13.2 Å². The van der Waals surface area contributed by atoms with Crippen LogP contribution < -0.4 is 0 Å². The van der Waals surface area contributed by atoms with E-state index in [0.717, 1.165) is 6.07 Å². The van der Waals surface area contributed by atoms with Gasteiger partial charge in [-0.1, -0.05) is 15.9 Å². The molecule has 1 N–H and O–H groups in total. The van der Waals surface area contributed by atoms with Crippen molar-refractivity contribution in [2.45, 2.75) is 11.8 Å². The third kappa shape index (κ3) is 2.70. The Bertz CT molecular complexity index is 524. The Kier molecular flexibility index (Phi) is 3.42. The molecule has 0 radical (unpaired) electrons. The number of carbonyl (C=O) groups is 1. The van der Waals surface area contributed by atoms with Gasteiger partial charge in [-0.05, 0) is 24.6 Å². The van der Waals surface area contributed by atoms with Crippen LogP contribution in [0.15, 0.2) is 21.5 Å². The number of rotatable bonds is 2. The first kappa shape index (κ1) is 12.5. The molecule has 0 unspecified atom stereocenters. The highest BCUT2D eigenvalue weighted by Gasteiger charge is 2.17. The fraction of sp³-hybridized carbons (Fsp3) is 0.125. The SMILES string of the molecule is Cc1c(Br)cc(S(=O)(=O)Cl)cc1C(=O)O. The molecule has 0 spiro atoms. The van der Waals surface area contributed by atoms with Gasteiger partial charge in [0.25, 0.3) is 9.05 Å². The van der Waals surface area contributed by atoms with Gasteiger partial charge in [-0.15, -0.1) is 0 Å². The largest absolute Gasteiger partial charge is 0.478 e. The van der Waals surface area contributed by atoms with Gasteiger partial charge in [0.05, 0.1) is 10.5 Å². The number of carboxylic acid groups (broad SMARTS) is 1. The number of aromatic carboxylic acids is 1. The van der Waals surface area contributed by atoms with E-state index < -0.39 is 15.0 Å². The van der Waals surface area contributed by atoms with Gasteiger partial charge >= 0.3 is 5.97 Å². The summed E-state index contributed by atoms with van der Waals surface area (Å²) in [5.41, 5.74) is 0.357. The van der Waals surface area contributed by atoms with E-state index in [9.17, 15) is 13.2 Å². The molecule has 0 aliphatic rings. The Morgan fingerprint density at radius 2 is 2.00 bits per heavy atom. The molecular formula is C8H6BrClO4S. The zero-order chi connectivity index (χ0) is 11.8. The lowest BCUT2D eigenvalue weighted by molar-refractivity contribution is 0.0695. The lowest BCUT2D eigenvalue weighted by atomic mass is 10.1. The first-order valence-electron chi connectivity index (χ1n) is 3.71. The Labute approximate surface area is 99.4 Å². The number of hydrogen-bond acceptors (Lipinski definition) is 3. The number of halogens is 2. The molecule has 15 heavy (non-hydrogen) atoms. The lowest BCUT2D eigenvalue weighted by Gasteiger charge is -2.05. The first-order chi connectivity index (χ1) is 6.73. The van der Waals surface area contributed by atoms with Gasteiger partial charge in [0, 0.05) is 15.2 Å². The molecule has 0 saturated heterocycles. The van der Waals surface area contributed by atoms with E-state index in [0.29, 0.717) is 10.0 Å². The molecule has 1 aromatic rings. The van der Waals surface area contributed by atoms with Crippen molar-refractivity contribution in [1.29, 1.82) is 0 Å². The van der Waals surface area contributed by atoms with Crippen LogP contribution in [-0.2, 0) is 9.05 Å². The summed E-state index contributed by atoms with van der Waals surface area (Å²) in [6.07, 6.45) is 0. The topological polar surface area (TPSA) is 71.4 Å². The van der Waals surface area contributed by atoms with Crippen LogP contribution in [0.1, 0.15) is 15.9 Å². The summed E-state index contributed by atoms with van der Waals surface area (Å²) in [6, 6.07) is 2.30. The normalized spacial score (nSPS) is 11.4. The minimum Gasteiger partial charge on any atom is -0.478 e. The summed E-state index contributed by atoms with van der Waals surface area (Å²) in [5.74, 6) is -1.20. The molecule has 0 saturated carbocycles. The fourth-order valence-electron chi connectivity index (χ4n) is 1.02. The summed E-state index contributed by atoms with van der Waals surface area (Å²) in [6.45, 7) is 1.57. The van der Waals surface area contributed by atoms with Crippen LogP contribution in [0.4, 0.5) is 0 Å². The monoisotopic (exact) mass is 312 g/mol. The van der Waals surface area contributed by atoms with Gasteiger partial charge in [-0.2, -0.15) is 0 Å². The molecule has 0 fully saturated rings. The molecule has 0 aromatic heterocycles. The van der Waals surface area contributed by atoms with Gasteiger partial charge in [0.15, 0.2) is 0 Å². The minimum absolute atomic E-state index is 0.0939. The van der Waals surface area contributed by atoms with Crippen molar-refractivity contribution in [2.24, 2.45) is 0 Å². The molecule has 1 aromatic carbocycles. The summed E-state index contributed by atoms with van der Waals surface area (Å²) in [4.78, 5) is 10.6. The van der Waals surface area contributed by atoms with Crippen LogP contribution in [0, 0.1) is 6.92 Å². The molecule has 4 nitrogen and oxygen atoms in total. The summed E-state index contributed by atoms with van der Waals surface area (Å²) in [7, 11) is 1.20. The molecule has 0 amide bonds. The molecular weight excluding hydrogens is 308 g/mol. The van der Waals surface area contributed by atoms with Crippen LogP contribution in [0.2, 0.25) is 0 Å². The molecule has 0 heterocycles. The molecule has 0 atom stereocenters. The Morgan fingerprint density at radius 1 is 1.47 bits per heavy atom. The van der Waals surface area contributed by atoms with E-state index in [1.807, 2.05) is 0 Å². The highest BCUT2D eigenvalue weighted by atomic mass is 79.9. The first-order valence-corrected chi connectivity index (χ1v) is 6.82. The van der Waals surface area contributed by atoms with Crippen LogP contribution in [0.3, 0.4) is 0 Å². The maximum absolute atomic E-state index is 11.0. The van der Waals surface area contributed by atoms with E-state index in [-0.39, 0.29) is 10.5 Å².